The largest absolute Gasteiger partial charge is 0.378 e. The molecule has 0 amide bonds. The lowest BCUT2D eigenvalue weighted by Gasteiger charge is -2.02. The first-order valence-electron chi connectivity index (χ1n) is 6.55. The summed E-state index contributed by atoms with van der Waals surface area (Å²) in [5.41, 5.74) is 1.88. The predicted octanol–water partition coefficient (Wildman–Crippen LogP) is 3.61. The molecule has 0 aromatic carbocycles. The van der Waals surface area contributed by atoms with Crippen molar-refractivity contribution in [3.8, 4) is 10.7 Å². The Morgan fingerprint density at radius 3 is 3.00 bits per heavy atom. The van der Waals surface area contributed by atoms with E-state index in [0.29, 0.717) is 6.61 Å². The van der Waals surface area contributed by atoms with Crippen LogP contribution in [-0.2, 0) is 17.9 Å². The zero-order valence-corrected chi connectivity index (χ0v) is 14.1. The summed E-state index contributed by atoms with van der Waals surface area (Å²) in [5, 5.41) is 4.34. The summed E-state index contributed by atoms with van der Waals surface area (Å²) in [7, 11) is 1.69. The third-order valence-corrected chi connectivity index (χ3v) is 4.48. The Labute approximate surface area is 131 Å². The van der Waals surface area contributed by atoms with Crippen molar-refractivity contribution in [2.45, 2.75) is 26.5 Å². The van der Waals surface area contributed by atoms with Gasteiger partial charge in [0.25, 0.3) is 0 Å². The van der Waals surface area contributed by atoms with E-state index >= 15 is 0 Å². The van der Waals surface area contributed by atoms with E-state index < -0.39 is 0 Å². The Morgan fingerprint density at radius 1 is 1.45 bits per heavy atom. The number of rotatable bonds is 7. The normalized spacial score (nSPS) is 10.9. The maximum atomic E-state index is 5.24. The SMILES string of the molecule is CCCNCc1sc(-c2ncccc2Br)nc1COC. The number of nitrogens with zero attached hydrogens (tertiary/aromatic N) is 2. The number of hydrogen-bond donors (Lipinski definition) is 1. The average molecular weight is 356 g/mol. The van der Waals surface area contributed by atoms with Gasteiger partial charge in [0.15, 0.2) is 0 Å². The van der Waals surface area contributed by atoms with Crippen molar-refractivity contribution >= 4 is 27.3 Å². The van der Waals surface area contributed by atoms with Crippen molar-refractivity contribution in [1.29, 1.82) is 0 Å². The van der Waals surface area contributed by atoms with Crippen LogP contribution in [0.4, 0.5) is 0 Å². The van der Waals surface area contributed by atoms with E-state index in [1.54, 1.807) is 24.6 Å². The van der Waals surface area contributed by atoms with Crippen LogP contribution in [0, 0.1) is 0 Å². The molecule has 0 saturated carbocycles. The minimum atomic E-state index is 0.532. The average Bonchev–Trinajstić information content (AvgIpc) is 2.83. The van der Waals surface area contributed by atoms with Gasteiger partial charge in [0.05, 0.1) is 12.3 Å². The van der Waals surface area contributed by atoms with Crippen LogP contribution >= 0.6 is 27.3 Å². The third-order valence-electron chi connectivity index (χ3n) is 2.73. The van der Waals surface area contributed by atoms with Gasteiger partial charge >= 0.3 is 0 Å². The van der Waals surface area contributed by atoms with Crippen LogP contribution in [0.25, 0.3) is 10.7 Å². The van der Waals surface area contributed by atoms with Gasteiger partial charge in [-0.25, -0.2) is 4.98 Å². The van der Waals surface area contributed by atoms with Gasteiger partial charge in [-0.1, -0.05) is 6.92 Å². The molecule has 0 aliphatic rings. The number of pyridine rings is 1. The topological polar surface area (TPSA) is 47.0 Å². The molecule has 2 heterocycles. The number of aromatic nitrogens is 2. The van der Waals surface area contributed by atoms with Gasteiger partial charge < -0.3 is 10.1 Å². The smallest absolute Gasteiger partial charge is 0.143 e. The molecule has 108 valence electrons. The molecule has 20 heavy (non-hydrogen) atoms. The molecule has 2 aromatic heterocycles. The Bertz CT molecular complexity index is 559. The first kappa shape index (κ1) is 15.6. The standard InChI is InChI=1S/C14H18BrN3OS/c1-3-6-16-8-12-11(9-19-2)18-14(20-12)13-10(15)5-4-7-17-13/h4-5,7,16H,3,6,8-9H2,1-2H3. The fraction of sp³-hybridized carbons (Fsp3) is 0.429. The number of thiazole rings is 1. The first-order valence-corrected chi connectivity index (χ1v) is 8.16. The minimum Gasteiger partial charge on any atom is -0.378 e. The van der Waals surface area contributed by atoms with Crippen molar-refractivity contribution in [3.63, 3.8) is 0 Å². The van der Waals surface area contributed by atoms with E-state index in [2.05, 4.69) is 38.1 Å². The van der Waals surface area contributed by atoms with Gasteiger partial charge in [-0.05, 0) is 41.0 Å². The molecule has 1 N–H and O–H groups in total. The molecule has 0 spiro atoms. The Kier molecular flexibility index (Phi) is 6.09. The van der Waals surface area contributed by atoms with Gasteiger partial charge in [-0.2, -0.15) is 0 Å². The van der Waals surface area contributed by atoms with Crippen molar-refractivity contribution in [1.82, 2.24) is 15.3 Å². The molecule has 2 rings (SSSR count). The molecular formula is C14H18BrN3OS. The summed E-state index contributed by atoms with van der Waals surface area (Å²) in [4.78, 5) is 10.3. The summed E-state index contributed by atoms with van der Waals surface area (Å²) >= 11 is 5.20. The molecule has 0 bridgehead atoms. The van der Waals surface area contributed by atoms with Crippen LogP contribution in [0.3, 0.4) is 0 Å². The molecule has 0 unspecified atom stereocenters. The van der Waals surface area contributed by atoms with Gasteiger partial charge in [0.1, 0.15) is 10.7 Å². The number of halogens is 1. The molecular weight excluding hydrogens is 338 g/mol. The second-order valence-electron chi connectivity index (χ2n) is 4.33. The van der Waals surface area contributed by atoms with Gasteiger partial charge in [-0.3, -0.25) is 4.98 Å². The highest BCUT2D eigenvalue weighted by Gasteiger charge is 2.14. The molecule has 2 aromatic rings. The predicted molar refractivity (Wildman–Crippen MR) is 85.8 cm³/mol. The van der Waals surface area contributed by atoms with Gasteiger partial charge in [-0.15, -0.1) is 11.3 Å². The highest BCUT2D eigenvalue weighted by atomic mass is 79.9. The van der Waals surface area contributed by atoms with Crippen molar-refractivity contribution in [2.75, 3.05) is 13.7 Å². The lowest BCUT2D eigenvalue weighted by atomic mass is 10.3. The zero-order chi connectivity index (χ0) is 14.4. The van der Waals surface area contributed by atoms with E-state index in [9.17, 15) is 0 Å². The van der Waals surface area contributed by atoms with Crippen molar-refractivity contribution in [2.24, 2.45) is 0 Å². The minimum absolute atomic E-state index is 0.532. The summed E-state index contributed by atoms with van der Waals surface area (Å²) < 4.78 is 6.20. The van der Waals surface area contributed by atoms with Gasteiger partial charge in [0, 0.05) is 29.2 Å². The lowest BCUT2D eigenvalue weighted by Crippen LogP contribution is -2.14. The molecule has 0 atom stereocenters. The van der Waals surface area contributed by atoms with Gasteiger partial charge in [0.2, 0.25) is 0 Å². The van der Waals surface area contributed by atoms with Crippen LogP contribution in [-0.4, -0.2) is 23.6 Å². The molecule has 0 saturated heterocycles. The van der Waals surface area contributed by atoms with Crippen molar-refractivity contribution in [3.05, 3.63) is 33.4 Å². The second kappa shape index (κ2) is 7.83. The first-order chi connectivity index (χ1) is 9.76. The summed E-state index contributed by atoms with van der Waals surface area (Å²) in [5.74, 6) is 0. The van der Waals surface area contributed by atoms with Crippen molar-refractivity contribution < 1.29 is 4.74 Å². The number of methoxy groups -OCH3 is 1. The van der Waals surface area contributed by atoms with Crippen LogP contribution < -0.4 is 5.32 Å². The van der Waals surface area contributed by atoms with Crippen LogP contribution in [0.15, 0.2) is 22.8 Å². The van der Waals surface area contributed by atoms with E-state index in [4.69, 9.17) is 4.74 Å². The molecule has 6 heteroatoms. The maximum absolute atomic E-state index is 5.24. The lowest BCUT2D eigenvalue weighted by molar-refractivity contribution is 0.181. The number of nitrogens with one attached hydrogen (secondary N) is 1. The summed E-state index contributed by atoms with van der Waals surface area (Å²) in [6.45, 7) is 4.53. The Hall–Kier alpha value is -0.820. The van der Waals surface area contributed by atoms with E-state index in [0.717, 1.165) is 40.4 Å². The summed E-state index contributed by atoms with van der Waals surface area (Å²) in [6.07, 6.45) is 2.91. The molecule has 0 aliphatic carbocycles. The van der Waals surface area contributed by atoms with Crippen LogP contribution in [0.1, 0.15) is 23.9 Å². The quantitative estimate of drug-likeness (QED) is 0.770. The fourth-order valence-electron chi connectivity index (χ4n) is 1.79. The number of ether oxygens (including phenoxy) is 1. The molecule has 0 aliphatic heterocycles. The molecule has 0 fully saturated rings. The van der Waals surface area contributed by atoms with Crippen LogP contribution in [0.2, 0.25) is 0 Å². The monoisotopic (exact) mass is 355 g/mol. The Balaban J connectivity index is 2.26. The van der Waals surface area contributed by atoms with Crippen LogP contribution in [0.5, 0.6) is 0 Å². The van der Waals surface area contributed by atoms with E-state index in [-0.39, 0.29) is 0 Å². The Morgan fingerprint density at radius 2 is 2.30 bits per heavy atom. The maximum Gasteiger partial charge on any atom is 0.143 e. The van der Waals surface area contributed by atoms with E-state index in [1.807, 2.05) is 12.1 Å². The zero-order valence-electron chi connectivity index (χ0n) is 11.6. The number of hydrogen-bond acceptors (Lipinski definition) is 5. The molecule has 4 nitrogen and oxygen atoms in total. The highest BCUT2D eigenvalue weighted by Crippen LogP contribution is 2.31. The molecule has 0 radical (unpaired) electrons. The summed E-state index contributed by atoms with van der Waals surface area (Å²) in [6, 6.07) is 3.88. The van der Waals surface area contributed by atoms with E-state index in [1.165, 1.54) is 4.88 Å². The highest BCUT2D eigenvalue weighted by molar-refractivity contribution is 9.10. The third kappa shape index (κ3) is 3.85. The second-order valence-corrected chi connectivity index (χ2v) is 6.27. The fourth-order valence-corrected chi connectivity index (χ4v) is 3.41.